The monoisotopic (exact) mass is 249 g/mol. The van der Waals surface area contributed by atoms with Crippen LogP contribution in [0.15, 0.2) is 48.7 Å². The van der Waals surface area contributed by atoms with Crippen LogP contribution in [0.5, 0.6) is 0 Å². The zero-order chi connectivity index (χ0) is 12.3. The molecule has 0 aliphatic heterocycles. The van der Waals surface area contributed by atoms with Gasteiger partial charge >= 0.3 is 7.60 Å². The van der Waals surface area contributed by atoms with Crippen LogP contribution in [0.3, 0.4) is 0 Å². The van der Waals surface area contributed by atoms with Gasteiger partial charge in [0, 0.05) is 11.8 Å². The smallest absolute Gasteiger partial charge is 0.324 e. The van der Waals surface area contributed by atoms with Crippen LogP contribution in [0.2, 0.25) is 0 Å². The molecule has 17 heavy (non-hydrogen) atoms. The molecular formula is C12H12NO3P. The predicted octanol–water partition coefficient (Wildman–Crippen LogP) is 2.43. The van der Waals surface area contributed by atoms with Gasteiger partial charge in [-0.05, 0) is 11.6 Å². The van der Waals surface area contributed by atoms with Gasteiger partial charge in [-0.15, -0.1) is 0 Å². The van der Waals surface area contributed by atoms with Crippen molar-refractivity contribution in [3.63, 3.8) is 0 Å². The van der Waals surface area contributed by atoms with Crippen molar-refractivity contribution < 1.29 is 14.4 Å². The number of rotatable bonds is 3. The number of nitrogens with zero attached hydrogens (tertiary/aromatic N) is 1. The molecule has 0 unspecified atom stereocenters. The predicted molar refractivity (Wildman–Crippen MR) is 65.4 cm³/mol. The van der Waals surface area contributed by atoms with Crippen molar-refractivity contribution in [2.45, 2.75) is 6.16 Å². The zero-order valence-electron chi connectivity index (χ0n) is 9.02. The molecule has 2 N–H and O–H groups in total. The molecule has 0 aliphatic carbocycles. The van der Waals surface area contributed by atoms with E-state index in [2.05, 4.69) is 4.98 Å². The molecule has 1 aromatic heterocycles. The highest BCUT2D eigenvalue weighted by Gasteiger charge is 2.18. The first kappa shape index (κ1) is 12.0. The summed E-state index contributed by atoms with van der Waals surface area (Å²) in [6.45, 7) is 0. The van der Waals surface area contributed by atoms with Gasteiger partial charge in [0.05, 0.1) is 11.9 Å². The molecule has 0 aliphatic rings. The van der Waals surface area contributed by atoms with Crippen molar-refractivity contribution in [1.29, 1.82) is 0 Å². The third-order valence-electron chi connectivity index (χ3n) is 2.33. The summed E-state index contributed by atoms with van der Waals surface area (Å²) in [5.74, 6) is 0. The van der Waals surface area contributed by atoms with Crippen molar-refractivity contribution in [2.24, 2.45) is 0 Å². The topological polar surface area (TPSA) is 70.4 Å². The van der Waals surface area contributed by atoms with E-state index in [0.717, 1.165) is 11.1 Å². The molecule has 2 aromatic rings. The second kappa shape index (κ2) is 4.80. The minimum atomic E-state index is -4.10. The normalized spacial score (nSPS) is 11.4. The first-order chi connectivity index (χ1) is 8.06. The maximum atomic E-state index is 11.0. The SMILES string of the molecule is O=P(O)(O)Cc1ncccc1-c1ccccc1. The van der Waals surface area contributed by atoms with E-state index in [1.807, 2.05) is 36.4 Å². The molecule has 0 spiro atoms. The summed E-state index contributed by atoms with van der Waals surface area (Å²) < 4.78 is 11.0. The van der Waals surface area contributed by atoms with E-state index < -0.39 is 7.60 Å². The van der Waals surface area contributed by atoms with E-state index in [-0.39, 0.29) is 6.16 Å². The lowest BCUT2D eigenvalue weighted by Crippen LogP contribution is -1.94. The molecule has 0 saturated heterocycles. The third kappa shape index (κ3) is 3.24. The molecule has 5 heteroatoms. The summed E-state index contributed by atoms with van der Waals surface area (Å²) in [4.78, 5) is 22.1. The van der Waals surface area contributed by atoms with E-state index in [1.54, 1.807) is 6.07 Å². The number of hydrogen-bond acceptors (Lipinski definition) is 2. The lowest BCUT2D eigenvalue weighted by atomic mass is 10.1. The van der Waals surface area contributed by atoms with E-state index in [1.165, 1.54) is 6.20 Å². The summed E-state index contributed by atoms with van der Waals surface area (Å²) in [5, 5.41) is 0. The van der Waals surface area contributed by atoms with E-state index in [0.29, 0.717) is 5.69 Å². The number of benzene rings is 1. The van der Waals surface area contributed by atoms with Crippen LogP contribution in [0.4, 0.5) is 0 Å². The standard InChI is InChI=1S/C12H12NO3P/c14-17(15,16)9-12-11(7-4-8-13-12)10-5-2-1-3-6-10/h1-8H,9H2,(H2,14,15,16). The van der Waals surface area contributed by atoms with Crippen molar-refractivity contribution in [3.05, 3.63) is 54.4 Å². The summed E-state index contributed by atoms with van der Waals surface area (Å²) in [6.07, 6.45) is 1.20. The van der Waals surface area contributed by atoms with Crippen molar-refractivity contribution >= 4 is 7.60 Å². The van der Waals surface area contributed by atoms with Gasteiger partial charge in [-0.1, -0.05) is 36.4 Å². The Hall–Kier alpha value is -1.48. The fourth-order valence-electron chi connectivity index (χ4n) is 1.64. The maximum Gasteiger partial charge on any atom is 0.331 e. The lowest BCUT2D eigenvalue weighted by Gasteiger charge is -2.09. The molecule has 2 rings (SSSR count). The Morgan fingerprint density at radius 1 is 1.06 bits per heavy atom. The second-order valence-corrected chi connectivity index (χ2v) is 5.33. The molecule has 88 valence electrons. The average Bonchev–Trinajstić information content (AvgIpc) is 2.29. The van der Waals surface area contributed by atoms with Crippen LogP contribution in [-0.2, 0) is 10.7 Å². The molecule has 0 radical (unpaired) electrons. The molecule has 0 amide bonds. The van der Waals surface area contributed by atoms with E-state index >= 15 is 0 Å². The minimum absolute atomic E-state index is 0.335. The number of aromatic nitrogens is 1. The van der Waals surface area contributed by atoms with E-state index in [4.69, 9.17) is 9.79 Å². The lowest BCUT2D eigenvalue weighted by molar-refractivity contribution is 0.371. The first-order valence-electron chi connectivity index (χ1n) is 5.10. The van der Waals surface area contributed by atoms with Gasteiger partial charge in [0.1, 0.15) is 0 Å². The summed E-state index contributed by atoms with van der Waals surface area (Å²) in [5.41, 5.74) is 2.09. The number of hydrogen-bond donors (Lipinski definition) is 2. The Morgan fingerprint density at radius 2 is 1.76 bits per heavy atom. The molecule has 1 aromatic carbocycles. The Bertz CT molecular complexity index is 551. The average molecular weight is 249 g/mol. The van der Waals surface area contributed by atoms with Gasteiger partial charge in [0.25, 0.3) is 0 Å². The van der Waals surface area contributed by atoms with Gasteiger partial charge in [-0.3, -0.25) is 9.55 Å². The molecule has 0 saturated carbocycles. The molecule has 4 nitrogen and oxygen atoms in total. The van der Waals surface area contributed by atoms with Crippen LogP contribution < -0.4 is 0 Å². The zero-order valence-corrected chi connectivity index (χ0v) is 9.92. The van der Waals surface area contributed by atoms with Gasteiger partial charge < -0.3 is 9.79 Å². The van der Waals surface area contributed by atoms with Crippen LogP contribution >= 0.6 is 7.60 Å². The van der Waals surface area contributed by atoms with Crippen LogP contribution in [0, 0.1) is 0 Å². The second-order valence-electron chi connectivity index (χ2n) is 3.69. The van der Waals surface area contributed by atoms with Crippen molar-refractivity contribution in [3.8, 4) is 11.1 Å². The molecule has 0 fully saturated rings. The minimum Gasteiger partial charge on any atom is -0.324 e. The Kier molecular flexibility index (Phi) is 3.38. The largest absolute Gasteiger partial charge is 0.331 e. The summed E-state index contributed by atoms with van der Waals surface area (Å²) in [6, 6.07) is 13.0. The van der Waals surface area contributed by atoms with Crippen LogP contribution in [-0.4, -0.2) is 14.8 Å². The molecular weight excluding hydrogens is 237 g/mol. The third-order valence-corrected chi connectivity index (χ3v) is 3.04. The quantitative estimate of drug-likeness (QED) is 0.819. The Morgan fingerprint density at radius 3 is 2.41 bits per heavy atom. The Balaban J connectivity index is 2.45. The van der Waals surface area contributed by atoms with Gasteiger partial charge in [0.15, 0.2) is 0 Å². The fraction of sp³-hybridized carbons (Fsp3) is 0.0833. The highest BCUT2D eigenvalue weighted by Crippen LogP contribution is 2.40. The Labute approximate surface area is 99.1 Å². The number of pyridine rings is 1. The first-order valence-corrected chi connectivity index (χ1v) is 6.90. The molecule has 1 heterocycles. The summed E-state index contributed by atoms with van der Waals surface area (Å²) >= 11 is 0. The van der Waals surface area contributed by atoms with Crippen molar-refractivity contribution in [1.82, 2.24) is 4.98 Å². The van der Waals surface area contributed by atoms with Gasteiger partial charge in [0.2, 0.25) is 0 Å². The highest BCUT2D eigenvalue weighted by molar-refractivity contribution is 7.50. The molecule has 0 bridgehead atoms. The van der Waals surface area contributed by atoms with Gasteiger partial charge in [-0.25, -0.2) is 0 Å². The van der Waals surface area contributed by atoms with Crippen molar-refractivity contribution in [2.75, 3.05) is 0 Å². The fourth-order valence-corrected chi connectivity index (χ4v) is 2.28. The van der Waals surface area contributed by atoms with Gasteiger partial charge in [-0.2, -0.15) is 0 Å². The van der Waals surface area contributed by atoms with E-state index in [9.17, 15) is 4.57 Å². The summed E-state index contributed by atoms with van der Waals surface area (Å²) in [7, 11) is -4.10. The van der Waals surface area contributed by atoms with Crippen LogP contribution in [0.25, 0.3) is 11.1 Å². The molecule has 0 atom stereocenters. The van der Waals surface area contributed by atoms with Crippen LogP contribution in [0.1, 0.15) is 5.69 Å². The maximum absolute atomic E-state index is 11.0. The highest BCUT2D eigenvalue weighted by atomic mass is 31.2.